The van der Waals surface area contributed by atoms with E-state index in [9.17, 15) is 19.2 Å². The molecule has 1 atom stereocenters. The van der Waals surface area contributed by atoms with Crippen LogP contribution in [0.1, 0.15) is 33.0 Å². The lowest BCUT2D eigenvalue weighted by atomic mass is 10.0. The SMILES string of the molecule is COC(=O)c1cc(NC(=O)C[C@@H]2Cn3nc(C)nc3NC2=O)cc(C(=O)OC)c1. The molecule has 152 valence electrons. The van der Waals surface area contributed by atoms with Gasteiger partial charge in [0.05, 0.1) is 37.8 Å². The van der Waals surface area contributed by atoms with Gasteiger partial charge in [-0.25, -0.2) is 14.3 Å². The van der Waals surface area contributed by atoms with Crippen molar-refractivity contribution in [1.29, 1.82) is 0 Å². The minimum absolute atomic E-state index is 0.0730. The third kappa shape index (κ3) is 4.39. The summed E-state index contributed by atoms with van der Waals surface area (Å²) in [6, 6.07) is 4.04. The van der Waals surface area contributed by atoms with Gasteiger partial charge in [-0.05, 0) is 25.1 Å². The third-order valence-electron chi connectivity index (χ3n) is 4.27. The van der Waals surface area contributed by atoms with Crippen molar-refractivity contribution < 1.29 is 28.7 Å². The van der Waals surface area contributed by atoms with Crippen LogP contribution >= 0.6 is 0 Å². The van der Waals surface area contributed by atoms with Crippen LogP contribution in [0.25, 0.3) is 0 Å². The van der Waals surface area contributed by atoms with Gasteiger partial charge in [0, 0.05) is 12.1 Å². The predicted molar refractivity (Wildman–Crippen MR) is 99.2 cm³/mol. The minimum Gasteiger partial charge on any atom is -0.465 e. The fraction of sp³-hybridized carbons (Fsp3) is 0.333. The number of aryl methyl sites for hydroxylation is 1. The number of amides is 2. The van der Waals surface area contributed by atoms with Gasteiger partial charge in [-0.15, -0.1) is 0 Å². The van der Waals surface area contributed by atoms with Crippen molar-refractivity contribution >= 4 is 35.4 Å². The zero-order valence-electron chi connectivity index (χ0n) is 16.0. The summed E-state index contributed by atoms with van der Waals surface area (Å²) in [7, 11) is 2.40. The highest BCUT2D eigenvalue weighted by molar-refractivity contribution is 6.01. The molecule has 2 amide bonds. The van der Waals surface area contributed by atoms with Gasteiger partial charge in [0.1, 0.15) is 5.82 Å². The number of ether oxygens (including phenoxy) is 2. The molecule has 0 unspecified atom stereocenters. The lowest BCUT2D eigenvalue weighted by molar-refractivity contribution is -0.125. The summed E-state index contributed by atoms with van der Waals surface area (Å²) in [4.78, 5) is 52.5. The Morgan fingerprint density at radius 2 is 1.79 bits per heavy atom. The molecule has 2 N–H and O–H groups in total. The van der Waals surface area contributed by atoms with Crippen molar-refractivity contribution in [1.82, 2.24) is 14.8 Å². The summed E-state index contributed by atoms with van der Waals surface area (Å²) >= 11 is 0. The molecule has 1 aliphatic heterocycles. The van der Waals surface area contributed by atoms with E-state index in [1.165, 1.54) is 37.1 Å². The fourth-order valence-electron chi connectivity index (χ4n) is 2.94. The number of rotatable bonds is 5. The fourth-order valence-corrected chi connectivity index (χ4v) is 2.94. The van der Waals surface area contributed by atoms with Crippen LogP contribution in [-0.2, 0) is 25.6 Å². The van der Waals surface area contributed by atoms with Crippen LogP contribution in [0.5, 0.6) is 0 Å². The molecule has 0 radical (unpaired) electrons. The van der Waals surface area contributed by atoms with E-state index >= 15 is 0 Å². The first-order valence-electron chi connectivity index (χ1n) is 8.64. The standard InChI is InChI=1S/C18H19N5O6/c1-9-19-18-21-15(25)12(8-23(18)22-9)7-14(24)20-13-5-10(16(26)28-2)4-11(6-13)17(27)29-3/h4-6,12H,7-8H2,1-3H3,(H,20,24)(H,19,21,22,25)/t12-/m1/s1. The Morgan fingerprint density at radius 3 is 2.38 bits per heavy atom. The number of fused-ring (bicyclic) bond motifs is 1. The first-order chi connectivity index (χ1) is 13.8. The first kappa shape index (κ1) is 20.0. The normalized spacial score (nSPS) is 15.1. The molecule has 11 heteroatoms. The number of hydrogen-bond donors (Lipinski definition) is 2. The monoisotopic (exact) mass is 401 g/mol. The van der Waals surface area contributed by atoms with E-state index in [1.54, 1.807) is 6.92 Å². The van der Waals surface area contributed by atoms with Crippen LogP contribution in [-0.4, -0.2) is 52.7 Å². The van der Waals surface area contributed by atoms with Gasteiger partial charge in [0.2, 0.25) is 17.8 Å². The number of carbonyl (C=O) groups is 4. The molecule has 11 nitrogen and oxygen atoms in total. The van der Waals surface area contributed by atoms with Crippen LogP contribution < -0.4 is 10.6 Å². The molecule has 29 heavy (non-hydrogen) atoms. The van der Waals surface area contributed by atoms with Gasteiger partial charge in [-0.3, -0.25) is 14.9 Å². The minimum atomic E-state index is -0.674. The molecule has 1 aliphatic rings. The van der Waals surface area contributed by atoms with Crippen LogP contribution in [0, 0.1) is 12.8 Å². The second-order valence-corrected chi connectivity index (χ2v) is 6.39. The highest BCUT2D eigenvalue weighted by Gasteiger charge is 2.30. The third-order valence-corrected chi connectivity index (χ3v) is 4.27. The highest BCUT2D eigenvalue weighted by atomic mass is 16.5. The van der Waals surface area contributed by atoms with E-state index in [0.717, 1.165) is 0 Å². The maximum Gasteiger partial charge on any atom is 0.337 e. The number of aromatic nitrogens is 3. The molecule has 0 spiro atoms. The lowest BCUT2D eigenvalue weighted by Gasteiger charge is -2.21. The first-order valence-corrected chi connectivity index (χ1v) is 8.64. The average Bonchev–Trinajstić information content (AvgIpc) is 3.05. The Bertz CT molecular complexity index is 964. The van der Waals surface area contributed by atoms with Crippen LogP contribution in [0.3, 0.4) is 0 Å². The van der Waals surface area contributed by atoms with E-state index in [0.29, 0.717) is 11.8 Å². The van der Waals surface area contributed by atoms with Crippen molar-refractivity contribution in [3.8, 4) is 0 Å². The van der Waals surface area contributed by atoms with Gasteiger partial charge in [-0.2, -0.15) is 10.1 Å². The molecule has 0 saturated heterocycles. The smallest absolute Gasteiger partial charge is 0.337 e. The number of nitrogens with one attached hydrogen (secondary N) is 2. The number of nitrogens with zero attached hydrogens (tertiary/aromatic N) is 3. The lowest BCUT2D eigenvalue weighted by Crippen LogP contribution is -2.36. The zero-order valence-corrected chi connectivity index (χ0v) is 16.0. The Kier molecular flexibility index (Phi) is 5.57. The molecule has 0 fully saturated rings. The van der Waals surface area contributed by atoms with E-state index in [-0.39, 0.29) is 35.7 Å². The topological polar surface area (TPSA) is 142 Å². The Hall–Kier alpha value is -3.76. The van der Waals surface area contributed by atoms with Crippen molar-refractivity contribution in [2.24, 2.45) is 5.92 Å². The number of benzene rings is 1. The maximum atomic E-state index is 12.5. The number of carbonyl (C=O) groups excluding carboxylic acids is 4. The summed E-state index contributed by atoms with van der Waals surface area (Å²) in [5.74, 6) is -1.94. The number of methoxy groups -OCH3 is 2. The summed E-state index contributed by atoms with van der Waals surface area (Å²) in [6.45, 7) is 1.91. The van der Waals surface area contributed by atoms with E-state index in [4.69, 9.17) is 0 Å². The van der Waals surface area contributed by atoms with Gasteiger partial charge in [-0.1, -0.05) is 0 Å². The average molecular weight is 401 g/mol. The summed E-state index contributed by atoms with van der Waals surface area (Å²) in [5.41, 5.74) is 0.347. The molecular weight excluding hydrogens is 382 g/mol. The van der Waals surface area contributed by atoms with E-state index in [1.807, 2.05) is 0 Å². The van der Waals surface area contributed by atoms with Crippen LogP contribution in [0.2, 0.25) is 0 Å². The van der Waals surface area contributed by atoms with Crippen LogP contribution in [0.4, 0.5) is 11.6 Å². The predicted octanol–water partition coefficient (Wildman–Crippen LogP) is 0.757. The number of hydrogen-bond acceptors (Lipinski definition) is 8. The second-order valence-electron chi connectivity index (χ2n) is 6.39. The molecule has 0 saturated carbocycles. The highest BCUT2D eigenvalue weighted by Crippen LogP contribution is 2.21. The largest absolute Gasteiger partial charge is 0.465 e. The molecule has 2 aromatic rings. The van der Waals surface area contributed by atoms with Gasteiger partial charge in [0.25, 0.3) is 0 Å². The number of anilines is 2. The molecule has 0 aliphatic carbocycles. The summed E-state index contributed by atoms with van der Waals surface area (Å²) in [5, 5.41) is 9.37. The molecule has 1 aromatic carbocycles. The van der Waals surface area contributed by atoms with Crippen LogP contribution in [0.15, 0.2) is 18.2 Å². The summed E-state index contributed by atoms with van der Waals surface area (Å²) < 4.78 is 10.9. The van der Waals surface area contributed by atoms with Gasteiger partial charge < -0.3 is 14.8 Å². The van der Waals surface area contributed by atoms with Crippen molar-refractivity contribution in [3.63, 3.8) is 0 Å². The molecule has 1 aromatic heterocycles. The van der Waals surface area contributed by atoms with Gasteiger partial charge in [0.15, 0.2) is 0 Å². The Labute approximate surface area is 165 Å². The molecule has 0 bridgehead atoms. The molecular formula is C18H19N5O6. The molecule has 3 rings (SSSR count). The number of esters is 2. The van der Waals surface area contributed by atoms with E-state index < -0.39 is 23.8 Å². The van der Waals surface area contributed by atoms with Gasteiger partial charge >= 0.3 is 11.9 Å². The Balaban J connectivity index is 1.75. The van der Waals surface area contributed by atoms with E-state index in [2.05, 4.69) is 30.2 Å². The zero-order chi connectivity index (χ0) is 21.1. The second kappa shape index (κ2) is 8.09. The van der Waals surface area contributed by atoms with Crippen molar-refractivity contribution in [3.05, 3.63) is 35.2 Å². The molecule has 2 heterocycles. The van der Waals surface area contributed by atoms with Crippen molar-refractivity contribution in [2.75, 3.05) is 24.9 Å². The summed E-state index contributed by atoms with van der Waals surface area (Å²) in [6.07, 6.45) is -0.125. The quantitative estimate of drug-likeness (QED) is 0.699. The maximum absolute atomic E-state index is 12.5. The Morgan fingerprint density at radius 1 is 1.17 bits per heavy atom. The van der Waals surface area contributed by atoms with Crippen molar-refractivity contribution in [2.45, 2.75) is 19.9 Å².